The number of hydrogen-bond donors (Lipinski definition) is 2. The normalized spacial score (nSPS) is 45.1. The molecule has 0 aromatic carbocycles. The van der Waals surface area contributed by atoms with Crippen LogP contribution in [0, 0.1) is 40.9 Å². The van der Waals surface area contributed by atoms with Gasteiger partial charge in [-0.3, -0.25) is 9.59 Å². The van der Waals surface area contributed by atoms with E-state index >= 15 is 0 Å². The van der Waals surface area contributed by atoms with Crippen LogP contribution in [0.25, 0.3) is 0 Å². The molecule has 0 aliphatic heterocycles. The van der Waals surface area contributed by atoms with Crippen LogP contribution in [0.1, 0.15) is 87.4 Å². The van der Waals surface area contributed by atoms with Crippen LogP contribution in [0.2, 0.25) is 0 Å². The molecule has 5 nitrogen and oxygen atoms in total. The van der Waals surface area contributed by atoms with E-state index < -0.39 is 0 Å². The van der Waals surface area contributed by atoms with Crippen LogP contribution in [-0.4, -0.2) is 22.3 Å². The van der Waals surface area contributed by atoms with Gasteiger partial charge in [0.25, 0.3) is 5.91 Å². The summed E-state index contributed by atoms with van der Waals surface area (Å²) < 4.78 is 0. The van der Waals surface area contributed by atoms with Gasteiger partial charge in [0, 0.05) is 11.7 Å². The minimum Gasteiger partial charge on any atom is -0.347 e. The molecule has 0 saturated heterocycles. The zero-order valence-electron chi connectivity index (χ0n) is 18.9. The Morgan fingerprint density at radius 2 is 1.25 bits per heavy atom. The molecule has 1 aromatic rings. The molecule has 0 radical (unpaired) electrons. The standard InChI is InChI=1S/C27H35N3O2/c31-24(30-27-12-19-6-20(13-27)8-21(7-19)14-27)22-1-2-23(28-15-22)29-25(32)26-9-16-3-17(10-26)5-18(4-16)11-26/h1-2,15-21H,3-14H2,(H,30,31)(H,28,29,32). The highest BCUT2D eigenvalue weighted by Crippen LogP contribution is 2.60. The van der Waals surface area contributed by atoms with Crippen molar-refractivity contribution in [1.29, 1.82) is 0 Å². The largest absolute Gasteiger partial charge is 0.347 e. The molecule has 2 N–H and O–H groups in total. The Morgan fingerprint density at radius 3 is 1.72 bits per heavy atom. The highest BCUT2D eigenvalue weighted by atomic mass is 16.2. The summed E-state index contributed by atoms with van der Waals surface area (Å²) >= 11 is 0. The summed E-state index contributed by atoms with van der Waals surface area (Å²) in [5.74, 6) is 5.40. The molecule has 1 heterocycles. The second-order valence-electron chi connectivity index (χ2n) is 12.7. The maximum atomic E-state index is 13.3. The predicted octanol–water partition coefficient (Wildman–Crippen LogP) is 4.94. The van der Waals surface area contributed by atoms with Crippen LogP contribution in [-0.2, 0) is 4.79 Å². The quantitative estimate of drug-likeness (QED) is 0.707. The molecule has 8 bridgehead atoms. The maximum absolute atomic E-state index is 13.3. The van der Waals surface area contributed by atoms with Crippen molar-refractivity contribution in [3.63, 3.8) is 0 Å². The number of rotatable bonds is 4. The average Bonchev–Trinajstić information content (AvgIpc) is 2.72. The smallest absolute Gasteiger partial charge is 0.253 e. The highest BCUT2D eigenvalue weighted by molar-refractivity contribution is 5.96. The van der Waals surface area contributed by atoms with Crippen LogP contribution in [0.5, 0.6) is 0 Å². The summed E-state index contributed by atoms with van der Waals surface area (Å²) in [6, 6.07) is 3.64. The summed E-state index contributed by atoms with van der Waals surface area (Å²) in [7, 11) is 0. The minimum absolute atomic E-state index is 0.00147. The van der Waals surface area contributed by atoms with E-state index in [-0.39, 0.29) is 22.8 Å². The summed E-state index contributed by atoms with van der Waals surface area (Å²) in [4.78, 5) is 30.8. The number of carbonyl (C=O) groups is 2. The summed E-state index contributed by atoms with van der Waals surface area (Å²) in [5.41, 5.74) is 0.441. The van der Waals surface area contributed by atoms with Gasteiger partial charge >= 0.3 is 0 Å². The van der Waals surface area contributed by atoms with Crippen molar-refractivity contribution >= 4 is 17.6 Å². The fourth-order valence-electron chi connectivity index (χ4n) is 9.82. The second-order valence-corrected chi connectivity index (χ2v) is 12.7. The highest BCUT2D eigenvalue weighted by Gasteiger charge is 2.55. The molecule has 170 valence electrons. The Balaban J connectivity index is 1.02. The molecule has 8 aliphatic carbocycles. The zero-order valence-corrected chi connectivity index (χ0v) is 18.9. The van der Waals surface area contributed by atoms with E-state index in [9.17, 15) is 9.59 Å². The molecular weight excluding hydrogens is 398 g/mol. The molecule has 8 fully saturated rings. The molecule has 0 unspecified atom stereocenters. The number of nitrogens with zero attached hydrogens (tertiary/aromatic N) is 1. The van der Waals surface area contributed by atoms with Gasteiger partial charge in [-0.25, -0.2) is 4.98 Å². The average molecular weight is 434 g/mol. The van der Waals surface area contributed by atoms with E-state index in [0.29, 0.717) is 11.4 Å². The van der Waals surface area contributed by atoms with Gasteiger partial charge in [0.2, 0.25) is 5.91 Å². The molecule has 5 heteroatoms. The Morgan fingerprint density at radius 1 is 0.750 bits per heavy atom. The van der Waals surface area contributed by atoms with Gasteiger partial charge in [0.1, 0.15) is 5.82 Å². The van der Waals surface area contributed by atoms with E-state index in [1.807, 2.05) is 12.1 Å². The Labute approximate surface area is 190 Å². The van der Waals surface area contributed by atoms with Crippen molar-refractivity contribution in [3.8, 4) is 0 Å². The first-order valence-corrected chi connectivity index (χ1v) is 13.1. The van der Waals surface area contributed by atoms with Crippen molar-refractivity contribution < 1.29 is 9.59 Å². The molecule has 8 aliphatic rings. The van der Waals surface area contributed by atoms with Crippen molar-refractivity contribution in [3.05, 3.63) is 23.9 Å². The zero-order chi connectivity index (χ0) is 21.5. The summed E-state index contributed by atoms with van der Waals surface area (Å²) in [6.45, 7) is 0. The van der Waals surface area contributed by atoms with Gasteiger partial charge in [-0.05, 0) is 125 Å². The maximum Gasteiger partial charge on any atom is 0.253 e. The fourth-order valence-corrected chi connectivity index (χ4v) is 9.82. The fraction of sp³-hybridized carbons (Fsp3) is 0.741. The molecule has 9 rings (SSSR count). The number of pyridine rings is 1. The number of nitrogens with one attached hydrogen (secondary N) is 2. The Kier molecular flexibility index (Phi) is 4.16. The SMILES string of the molecule is O=C(NC12CC3CC(CC(C3)C1)C2)c1ccc(NC(=O)C23CC4CC(CC(C4)C2)C3)nc1. The van der Waals surface area contributed by atoms with Gasteiger partial charge < -0.3 is 10.6 Å². The molecule has 8 saturated carbocycles. The molecule has 0 spiro atoms. The van der Waals surface area contributed by atoms with Gasteiger partial charge in [0.15, 0.2) is 0 Å². The third-order valence-corrected chi connectivity index (χ3v) is 10.2. The topological polar surface area (TPSA) is 71.1 Å². The van der Waals surface area contributed by atoms with Crippen molar-refractivity contribution in [2.24, 2.45) is 40.9 Å². The number of aromatic nitrogens is 1. The van der Waals surface area contributed by atoms with Crippen molar-refractivity contribution in [2.45, 2.75) is 82.6 Å². The lowest BCUT2D eigenvalue weighted by Crippen LogP contribution is -2.59. The number of carbonyl (C=O) groups excluding carboxylic acids is 2. The molecule has 32 heavy (non-hydrogen) atoms. The van der Waals surface area contributed by atoms with Gasteiger partial charge in [-0.1, -0.05) is 0 Å². The van der Waals surface area contributed by atoms with Crippen LogP contribution in [0.15, 0.2) is 18.3 Å². The first-order chi connectivity index (χ1) is 15.5. The van der Waals surface area contributed by atoms with Crippen LogP contribution < -0.4 is 10.6 Å². The van der Waals surface area contributed by atoms with Crippen LogP contribution in [0.4, 0.5) is 5.82 Å². The predicted molar refractivity (Wildman–Crippen MR) is 122 cm³/mol. The van der Waals surface area contributed by atoms with E-state index in [0.717, 1.165) is 74.0 Å². The van der Waals surface area contributed by atoms with Gasteiger partial charge in [0.05, 0.1) is 11.0 Å². The van der Waals surface area contributed by atoms with Crippen molar-refractivity contribution in [2.75, 3.05) is 5.32 Å². The number of anilines is 1. The van der Waals surface area contributed by atoms with Crippen LogP contribution in [0.3, 0.4) is 0 Å². The third kappa shape index (κ3) is 3.13. The number of amides is 2. The van der Waals surface area contributed by atoms with E-state index in [2.05, 4.69) is 15.6 Å². The van der Waals surface area contributed by atoms with E-state index in [4.69, 9.17) is 0 Å². The summed E-state index contributed by atoms with van der Waals surface area (Å²) in [6.07, 6.45) is 16.4. The number of hydrogen-bond acceptors (Lipinski definition) is 3. The monoisotopic (exact) mass is 433 g/mol. The Hall–Kier alpha value is -1.91. The minimum atomic E-state index is -0.176. The van der Waals surface area contributed by atoms with E-state index in [1.54, 1.807) is 6.20 Å². The van der Waals surface area contributed by atoms with Crippen LogP contribution >= 0.6 is 0 Å². The van der Waals surface area contributed by atoms with Gasteiger partial charge in [-0.15, -0.1) is 0 Å². The molecule has 0 atom stereocenters. The third-order valence-electron chi connectivity index (χ3n) is 10.2. The van der Waals surface area contributed by atoms with E-state index in [1.165, 1.54) is 38.5 Å². The van der Waals surface area contributed by atoms with Crippen molar-refractivity contribution in [1.82, 2.24) is 10.3 Å². The lowest BCUT2D eigenvalue weighted by atomic mass is 9.49. The molecule has 1 aromatic heterocycles. The second kappa shape index (κ2) is 6.80. The molecule has 2 amide bonds. The first kappa shape index (κ1) is 19.5. The summed E-state index contributed by atoms with van der Waals surface area (Å²) in [5, 5.41) is 6.53. The molecular formula is C27H35N3O2. The van der Waals surface area contributed by atoms with Gasteiger partial charge in [-0.2, -0.15) is 0 Å². The lowest BCUT2D eigenvalue weighted by molar-refractivity contribution is -0.140. The lowest BCUT2D eigenvalue weighted by Gasteiger charge is -2.56. The first-order valence-electron chi connectivity index (χ1n) is 13.1. The Bertz CT molecular complexity index is 882.